The molecule has 2 aromatic carbocycles. The van der Waals surface area contributed by atoms with Crippen molar-refractivity contribution in [3.05, 3.63) is 80.2 Å². The molecule has 3 aromatic heterocycles. The van der Waals surface area contributed by atoms with Crippen molar-refractivity contribution < 1.29 is 61.8 Å². The highest BCUT2D eigenvalue weighted by atomic mass is 19.4. The van der Waals surface area contributed by atoms with E-state index in [1.165, 1.54) is 12.1 Å². The normalized spacial score (nSPS) is 18.2. The topological polar surface area (TPSA) is 101 Å². The first-order chi connectivity index (χ1) is 24.5. The van der Waals surface area contributed by atoms with E-state index in [0.29, 0.717) is 18.9 Å². The van der Waals surface area contributed by atoms with Gasteiger partial charge in [0.25, 0.3) is 5.56 Å². The molecule has 1 N–H and O–H groups in total. The Morgan fingerprint density at radius 1 is 0.811 bits per heavy atom. The summed E-state index contributed by atoms with van der Waals surface area (Å²) in [6, 6.07) is 4.92. The monoisotopic (exact) mass is 768 g/mol. The van der Waals surface area contributed by atoms with Gasteiger partial charge in [-0.15, -0.1) is 0 Å². The Labute approximate surface area is 288 Å². The van der Waals surface area contributed by atoms with Gasteiger partial charge in [-0.3, -0.25) is 9.59 Å². The van der Waals surface area contributed by atoms with Crippen molar-refractivity contribution in [1.82, 2.24) is 15.0 Å². The summed E-state index contributed by atoms with van der Waals surface area (Å²) in [5.74, 6) is 0.368. The van der Waals surface area contributed by atoms with Crippen molar-refractivity contribution in [2.45, 2.75) is 62.9 Å². The Morgan fingerprint density at radius 3 is 2.06 bits per heavy atom. The highest BCUT2D eigenvalue weighted by Crippen LogP contribution is 2.49. The fraction of sp³-hybridized carbons (Fsp3) is 0.394. The lowest BCUT2D eigenvalue weighted by Gasteiger charge is -2.49. The maximum Gasteiger partial charge on any atom is 0.436 e. The van der Waals surface area contributed by atoms with Crippen LogP contribution in [0.4, 0.5) is 58.4 Å². The summed E-state index contributed by atoms with van der Waals surface area (Å²) in [6.07, 6.45) is -17.9. The molecule has 1 saturated carbocycles. The van der Waals surface area contributed by atoms with Gasteiger partial charge >= 0.3 is 24.7 Å². The van der Waals surface area contributed by atoms with Gasteiger partial charge in [-0.2, -0.15) is 52.7 Å². The van der Waals surface area contributed by atoms with E-state index in [1.54, 1.807) is 11.8 Å². The summed E-state index contributed by atoms with van der Waals surface area (Å²) < 4.78 is 168. The van der Waals surface area contributed by atoms with Gasteiger partial charge in [0.1, 0.15) is 24.1 Å². The number of benzene rings is 2. The van der Waals surface area contributed by atoms with E-state index in [1.807, 2.05) is 0 Å². The summed E-state index contributed by atoms with van der Waals surface area (Å²) in [4.78, 5) is 33.6. The molecule has 1 aliphatic heterocycles. The summed E-state index contributed by atoms with van der Waals surface area (Å²) in [6.45, 7) is 1.70. The number of ether oxygens (including phenoxy) is 1. The molecule has 2 aliphatic rings. The van der Waals surface area contributed by atoms with Crippen LogP contribution < -0.4 is 20.8 Å². The number of hydrogen-bond donors (Lipinski definition) is 1. The molecule has 4 heterocycles. The van der Waals surface area contributed by atoms with Crippen molar-refractivity contribution in [2.24, 2.45) is 5.92 Å². The number of pyridine rings is 2. The molecule has 0 saturated heterocycles. The van der Waals surface area contributed by atoms with Gasteiger partial charge in [0, 0.05) is 41.6 Å². The number of H-pyrrole nitrogens is 1. The fourth-order valence-electron chi connectivity index (χ4n) is 6.21. The highest BCUT2D eigenvalue weighted by Gasteiger charge is 2.50. The van der Waals surface area contributed by atoms with Crippen molar-refractivity contribution in [3.8, 4) is 5.75 Å². The van der Waals surface area contributed by atoms with E-state index in [-0.39, 0.29) is 58.5 Å². The van der Waals surface area contributed by atoms with Crippen LogP contribution in [0, 0.1) is 5.92 Å². The average molecular weight is 769 g/mol. The molecule has 1 atom stereocenters. The predicted octanol–water partition coefficient (Wildman–Crippen LogP) is 9.03. The third-order valence-corrected chi connectivity index (χ3v) is 8.91. The maximum atomic E-state index is 13.5. The van der Waals surface area contributed by atoms with Crippen molar-refractivity contribution in [1.29, 1.82) is 0 Å². The van der Waals surface area contributed by atoms with Gasteiger partial charge in [-0.05, 0) is 37.3 Å². The second-order valence-corrected chi connectivity index (χ2v) is 12.7. The molecule has 20 heteroatoms. The molecule has 0 bridgehead atoms. The molecular weight excluding hydrogens is 744 g/mol. The Balaban J connectivity index is 0.000000188. The number of hydrogen-bond acceptors (Lipinski definition) is 7. The largest absolute Gasteiger partial charge is 0.489 e. The number of aromatic nitrogens is 3. The minimum Gasteiger partial charge on any atom is -0.489 e. The van der Waals surface area contributed by atoms with E-state index < -0.39 is 75.5 Å². The van der Waals surface area contributed by atoms with Crippen molar-refractivity contribution >= 4 is 38.6 Å². The zero-order valence-electron chi connectivity index (χ0n) is 26.9. The third-order valence-electron chi connectivity index (χ3n) is 8.91. The minimum atomic E-state index is -4.87. The maximum absolute atomic E-state index is 13.5. The number of nitrogens with one attached hydrogen (secondary N) is 1. The molecule has 284 valence electrons. The molecule has 1 aliphatic carbocycles. The number of alkyl halides is 12. The van der Waals surface area contributed by atoms with Crippen LogP contribution in [0.2, 0.25) is 0 Å². The van der Waals surface area contributed by atoms with Crippen molar-refractivity contribution in [2.75, 3.05) is 18.1 Å². The van der Waals surface area contributed by atoms with Crippen LogP contribution in [0.25, 0.3) is 32.9 Å². The lowest BCUT2D eigenvalue weighted by Crippen LogP contribution is -2.58. The van der Waals surface area contributed by atoms with Crippen LogP contribution in [-0.4, -0.2) is 39.8 Å². The minimum absolute atomic E-state index is 0.0697. The van der Waals surface area contributed by atoms with E-state index in [0.717, 1.165) is 25.0 Å². The molecule has 1 unspecified atom stereocenters. The second kappa shape index (κ2) is 12.8. The lowest BCUT2D eigenvalue weighted by molar-refractivity contribution is -0.151. The van der Waals surface area contributed by atoms with Crippen LogP contribution in [0.1, 0.15) is 49.4 Å². The van der Waals surface area contributed by atoms with E-state index in [4.69, 9.17) is 9.15 Å². The molecule has 7 rings (SSSR count). The predicted molar refractivity (Wildman–Crippen MR) is 164 cm³/mol. The van der Waals surface area contributed by atoms with Gasteiger partial charge in [0.05, 0.1) is 39.8 Å². The molecule has 1 fully saturated rings. The zero-order chi connectivity index (χ0) is 38.9. The average Bonchev–Trinajstić information content (AvgIpc) is 3.86. The number of anilines is 1. The molecule has 53 heavy (non-hydrogen) atoms. The first-order valence-electron chi connectivity index (χ1n) is 15.6. The van der Waals surface area contributed by atoms with Gasteiger partial charge in [0.15, 0.2) is 11.3 Å². The Kier molecular flexibility index (Phi) is 9.12. The third kappa shape index (κ3) is 7.85. The first kappa shape index (κ1) is 37.7. The van der Waals surface area contributed by atoms with Crippen LogP contribution >= 0.6 is 0 Å². The molecule has 0 spiro atoms. The van der Waals surface area contributed by atoms with Crippen LogP contribution in [0.5, 0.6) is 5.75 Å². The van der Waals surface area contributed by atoms with Gasteiger partial charge in [-0.1, -0.05) is 6.92 Å². The number of rotatable bonds is 4. The van der Waals surface area contributed by atoms with Gasteiger partial charge in [0.2, 0.25) is 5.56 Å². The van der Waals surface area contributed by atoms with Crippen LogP contribution in [-0.2, 0) is 18.5 Å². The van der Waals surface area contributed by atoms with Gasteiger partial charge in [-0.25, -0.2) is 9.97 Å². The summed E-state index contributed by atoms with van der Waals surface area (Å²) in [5.41, 5.74) is -8.12. The number of nitrogens with zero attached hydrogens (tertiary/aromatic N) is 3. The number of halogens is 12. The van der Waals surface area contributed by atoms with E-state index in [9.17, 15) is 62.3 Å². The van der Waals surface area contributed by atoms with Crippen molar-refractivity contribution in [3.63, 3.8) is 0 Å². The molecule has 0 radical (unpaired) electrons. The summed E-state index contributed by atoms with van der Waals surface area (Å²) in [5, 5.41) is -0.809. The Morgan fingerprint density at radius 2 is 1.47 bits per heavy atom. The number of fused-ring (bicyclic) bond motifs is 4. The molecule has 0 amide bonds. The quantitative estimate of drug-likeness (QED) is 0.144. The number of aromatic amines is 1. The summed E-state index contributed by atoms with van der Waals surface area (Å²) >= 11 is 0. The lowest BCUT2D eigenvalue weighted by atomic mass is 9.87. The standard InChI is InChI=1S/C20H20F6N2O2.C13H4F6N2O2/c1-2-18(9-19(21,22)23)10-30-16-7-14-12(5-15(16)28(18)8-11-3-4-11)13(20(24,25)26)6-17(29)27-14;14-12(15,16)6-2-11(22)21-7-3-9-8(1-5(6)7)20-10(4-23-9)13(17,18)19/h5-7,11H,2-4,8-10H2,1H3,(H,27,29);1-4H. The fourth-order valence-corrected chi connectivity index (χ4v) is 6.21. The smallest absolute Gasteiger partial charge is 0.436 e. The summed E-state index contributed by atoms with van der Waals surface area (Å²) in [7, 11) is 0. The highest BCUT2D eigenvalue weighted by molar-refractivity contribution is 5.94. The second-order valence-electron chi connectivity index (χ2n) is 12.7. The Hall–Kier alpha value is -5.04. The van der Waals surface area contributed by atoms with Gasteiger partial charge < -0.3 is 19.0 Å². The molecular formula is C33H24F12N4O4. The van der Waals surface area contributed by atoms with Crippen LogP contribution in [0.15, 0.2) is 56.7 Å². The van der Waals surface area contributed by atoms with E-state index in [2.05, 4.69) is 15.0 Å². The van der Waals surface area contributed by atoms with Crippen LogP contribution in [0.3, 0.4) is 0 Å². The Bertz CT molecular complexity index is 2330. The first-order valence-corrected chi connectivity index (χ1v) is 15.6. The molecule has 8 nitrogen and oxygen atoms in total. The SMILES string of the molecule is CCC1(CC(F)(F)F)COc2cc3[nH]c(=O)cc(C(F)(F)F)c3cc2N1CC1CC1.O=c1cc(C(F)(F)F)c2cc3nc(C(F)(F)F)coc3cc2n1. The van der Waals surface area contributed by atoms with E-state index >= 15 is 0 Å². The molecule has 5 aromatic rings. The zero-order valence-corrected chi connectivity index (χ0v) is 26.9.